The van der Waals surface area contributed by atoms with Crippen LogP contribution in [0.2, 0.25) is 0 Å². The molecule has 0 aliphatic rings. The van der Waals surface area contributed by atoms with E-state index in [-0.39, 0.29) is 0 Å². The predicted molar refractivity (Wildman–Crippen MR) is 118 cm³/mol. The van der Waals surface area contributed by atoms with Crippen molar-refractivity contribution in [3.05, 3.63) is 76.3 Å². The smallest absolute Gasteiger partial charge is 0.250 e. The maximum atomic E-state index is 4.55. The van der Waals surface area contributed by atoms with E-state index >= 15 is 0 Å². The first-order valence-corrected chi connectivity index (χ1v) is 9.77. The van der Waals surface area contributed by atoms with Gasteiger partial charge in [-0.1, -0.05) is 28.1 Å². The van der Waals surface area contributed by atoms with E-state index in [4.69, 9.17) is 0 Å². The molecule has 0 bridgehead atoms. The largest absolute Gasteiger partial charge is 0.355 e. The van der Waals surface area contributed by atoms with Gasteiger partial charge >= 0.3 is 0 Å². The molecule has 0 atom stereocenters. The van der Waals surface area contributed by atoms with Crippen molar-refractivity contribution >= 4 is 50.0 Å². The van der Waals surface area contributed by atoms with E-state index < -0.39 is 0 Å². The second-order valence-corrected chi connectivity index (χ2v) is 7.66. The van der Waals surface area contributed by atoms with Crippen molar-refractivity contribution in [3.63, 3.8) is 0 Å². The third-order valence-corrected chi connectivity index (χ3v) is 5.21. The van der Waals surface area contributed by atoms with Crippen LogP contribution in [-0.2, 0) is 7.05 Å². The predicted octanol–water partition coefficient (Wildman–Crippen LogP) is 7.11. The summed E-state index contributed by atoms with van der Waals surface area (Å²) in [5, 5.41) is 12.3. The number of hydrogen-bond acceptors (Lipinski definition) is 4. The lowest BCUT2D eigenvalue weighted by Crippen LogP contribution is -1.94. The van der Waals surface area contributed by atoms with Crippen molar-refractivity contribution in [1.82, 2.24) is 9.55 Å². The lowest BCUT2D eigenvalue weighted by molar-refractivity contribution is 0.920. The van der Waals surface area contributed by atoms with Crippen LogP contribution in [0.4, 0.5) is 23.0 Å². The molecule has 4 rings (SSSR count). The Labute approximate surface area is 172 Å². The maximum Gasteiger partial charge on any atom is 0.250 e. The van der Waals surface area contributed by atoms with Gasteiger partial charge in [0.2, 0.25) is 5.95 Å². The average Bonchev–Trinajstić information content (AvgIpc) is 3.01. The zero-order valence-electron chi connectivity index (χ0n) is 15.9. The molecule has 0 saturated heterocycles. The topological polar surface area (TPSA) is 54.6 Å². The number of aryl methyl sites for hydroxylation is 3. The van der Waals surface area contributed by atoms with E-state index in [1.54, 1.807) is 0 Å². The van der Waals surface area contributed by atoms with Gasteiger partial charge in [0.1, 0.15) is 0 Å². The van der Waals surface area contributed by atoms with E-state index in [9.17, 15) is 0 Å². The van der Waals surface area contributed by atoms with E-state index in [1.807, 2.05) is 73.1 Å². The molecule has 0 aliphatic carbocycles. The van der Waals surface area contributed by atoms with Gasteiger partial charge in [-0.05, 0) is 73.5 Å². The number of azo groups is 1. The number of anilines is 2. The Hall–Kier alpha value is -2.99. The molecule has 6 heteroatoms. The van der Waals surface area contributed by atoms with E-state index in [0.29, 0.717) is 5.95 Å². The highest BCUT2D eigenvalue weighted by molar-refractivity contribution is 9.10. The van der Waals surface area contributed by atoms with Crippen LogP contribution < -0.4 is 5.32 Å². The third-order valence-electron chi connectivity index (χ3n) is 4.68. The van der Waals surface area contributed by atoms with Crippen LogP contribution in [-0.4, -0.2) is 9.55 Å². The van der Waals surface area contributed by atoms with Crippen LogP contribution >= 0.6 is 15.9 Å². The Bertz CT molecular complexity index is 1180. The standard InChI is InChI=1S/C22H20BrN5/c1-14-13-20(15(2)12-19(14)24-17-10-8-16(23)9-11-17)26-27-22-25-18-6-4-5-7-21(18)28(22)3/h4-13,24H,1-3H3. The lowest BCUT2D eigenvalue weighted by Gasteiger charge is -2.12. The summed E-state index contributed by atoms with van der Waals surface area (Å²) in [6, 6.07) is 20.2. The second kappa shape index (κ2) is 7.56. The molecule has 140 valence electrons. The number of rotatable bonds is 4. The lowest BCUT2D eigenvalue weighted by atomic mass is 10.1. The minimum Gasteiger partial charge on any atom is -0.355 e. The summed E-state index contributed by atoms with van der Waals surface area (Å²) >= 11 is 3.46. The van der Waals surface area contributed by atoms with Crippen molar-refractivity contribution in [2.75, 3.05) is 5.32 Å². The van der Waals surface area contributed by atoms with E-state index in [1.165, 1.54) is 0 Å². The van der Waals surface area contributed by atoms with Gasteiger partial charge in [-0.2, -0.15) is 0 Å². The van der Waals surface area contributed by atoms with E-state index in [0.717, 1.165) is 43.7 Å². The molecule has 0 radical (unpaired) electrons. The molecule has 0 spiro atoms. The molecule has 28 heavy (non-hydrogen) atoms. The highest BCUT2D eigenvalue weighted by Crippen LogP contribution is 2.30. The molecule has 0 saturated carbocycles. The molecule has 5 nitrogen and oxygen atoms in total. The summed E-state index contributed by atoms with van der Waals surface area (Å²) in [5.41, 5.74) is 7.05. The average molecular weight is 434 g/mol. The quantitative estimate of drug-likeness (QED) is 0.348. The van der Waals surface area contributed by atoms with Crippen LogP contribution in [0, 0.1) is 13.8 Å². The van der Waals surface area contributed by atoms with Gasteiger partial charge in [0.05, 0.1) is 16.7 Å². The molecule has 0 aliphatic heterocycles. The van der Waals surface area contributed by atoms with Gasteiger partial charge in [0, 0.05) is 22.9 Å². The monoisotopic (exact) mass is 433 g/mol. The van der Waals surface area contributed by atoms with Gasteiger partial charge in [-0.15, -0.1) is 10.2 Å². The first-order chi connectivity index (χ1) is 13.5. The summed E-state index contributed by atoms with van der Waals surface area (Å²) in [6.07, 6.45) is 0. The maximum absolute atomic E-state index is 4.55. The van der Waals surface area contributed by atoms with Gasteiger partial charge in [-0.3, -0.25) is 0 Å². The number of aromatic nitrogens is 2. The Morgan fingerprint density at radius 3 is 2.43 bits per heavy atom. The van der Waals surface area contributed by atoms with Crippen LogP contribution in [0.15, 0.2) is 75.4 Å². The number of nitrogens with zero attached hydrogens (tertiary/aromatic N) is 4. The molecular weight excluding hydrogens is 414 g/mol. The third kappa shape index (κ3) is 3.68. The normalized spacial score (nSPS) is 11.4. The highest BCUT2D eigenvalue weighted by atomic mass is 79.9. The number of nitrogens with one attached hydrogen (secondary N) is 1. The summed E-state index contributed by atoms with van der Waals surface area (Å²) < 4.78 is 3.01. The SMILES string of the molecule is Cc1cc(Nc2ccc(Br)cc2)c(C)cc1N=Nc1nc2ccccc2n1C. The van der Waals surface area contributed by atoms with Crippen molar-refractivity contribution in [2.45, 2.75) is 13.8 Å². The molecule has 3 aromatic carbocycles. The molecular formula is C22H20BrN5. The minimum atomic E-state index is 0.593. The molecule has 4 aromatic rings. The second-order valence-electron chi connectivity index (χ2n) is 6.75. The van der Waals surface area contributed by atoms with Gasteiger partial charge in [0.15, 0.2) is 0 Å². The minimum absolute atomic E-state index is 0.593. The number of benzene rings is 3. The van der Waals surface area contributed by atoms with Gasteiger partial charge in [-0.25, -0.2) is 4.98 Å². The zero-order chi connectivity index (χ0) is 19.7. The molecule has 0 unspecified atom stereocenters. The van der Waals surface area contributed by atoms with Crippen LogP contribution in [0.1, 0.15) is 11.1 Å². The first-order valence-electron chi connectivity index (χ1n) is 8.98. The fourth-order valence-electron chi connectivity index (χ4n) is 3.05. The molecule has 1 heterocycles. The van der Waals surface area contributed by atoms with Crippen molar-refractivity contribution in [1.29, 1.82) is 0 Å². The Morgan fingerprint density at radius 2 is 1.68 bits per heavy atom. The zero-order valence-corrected chi connectivity index (χ0v) is 17.5. The van der Waals surface area contributed by atoms with Gasteiger partial charge < -0.3 is 9.88 Å². The number of fused-ring (bicyclic) bond motifs is 1. The number of hydrogen-bond donors (Lipinski definition) is 1. The number of imidazole rings is 1. The van der Waals surface area contributed by atoms with Crippen LogP contribution in [0.25, 0.3) is 11.0 Å². The van der Waals surface area contributed by atoms with Crippen LogP contribution in [0.3, 0.4) is 0 Å². The Kier molecular flexibility index (Phi) is 4.96. The Balaban J connectivity index is 1.61. The molecule has 1 aromatic heterocycles. The van der Waals surface area contributed by atoms with Crippen molar-refractivity contribution < 1.29 is 0 Å². The molecule has 0 fully saturated rings. The van der Waals surface area contributed by atoms with Crippen LogP contribution in [0.5, 0.6) is 0 Å². The fourth-order valence-corrected chi connectivity index (χ4v) is 3.32. The number of halogens is 1. The molecule has 0 amide bonds. The Morgan fingerprint density at radius 1 is 0.929 bits per heavy atom. The summed E-state index contributed by atoms with van der Waals surface area (Å²) in [7, 11) is 1.95. The van der Waals surface area contributed by atoms with Gasteiger partial charge in [0.25, 0.3) is 0 Å². The summed E-state index contributed by atoms with van der Waals surface area (Å²) in [6.45, 7) is 4.10. The summed E-state index contributed by atoms with van der Waals surface area (Å²) in [4.78, 5) is 4.55. The summed E-state index contributed by atoms with van der Waals surface area (Å²) in [5.74, 6) is 0.593. The number of para-hydroxylation sites is 2. The van der Waals surface area contributed by atoms with Crippen molar-refractivity contribution in [2.24, 2.45) is 17.3 Å². The van der Waals surface area contributed by atoms with E-state index in [2.05, 4.69) is 49.4 Å². The van der Waals surface area contributed by atoms with Crippen molar-refractivity contribution in [3.8, 4) is 0 Å². The highest BCUT2D eigenvalue weighted by Gasteiger charge is 2.08. The fraction of sp³-hybridized carbons (Fsp3) is 0.136. The first kappa shape index (κ1) is 18.4. The molecule has 1 N–H and O–H groups in total.